The first-order valence-corrected chi connectivity index (χ1v) is 13.4. The van der Waals surface area contributed by atoms with Crippen molar-refractivity contribution in [1.82, 2.24) is 21.3 Å². The summed E-state index contributed by atoms with van der Waals surface area (Å²) in [6, 6.07) is -0.970. The molecule has 0 aliphatic heterocycles. The van der Waals surface area contributed by atoms with E-state index in [-0.39, 0.29) is 71.5 Å². The summed E-state index contributed by atoms with van der Waals surface area (Å²) in [6.07, 6.45) is 5.09. The molecule has 11 nitrogen and oxygen atoms in total. The van der Waals surface area contributed by atoms with Crippen LogP contribution in [0.15, 0.2) is 0 Å². The molecule has 4 aliphatic rings. The summed E-state index contributed by atoms with van der Waals surface area (Å²) in [5.41, 5.74) is -0.610. The zero-order valence-corrected chi connectivity index (χ0v) is 22.1. The van der Waals surface area contributed by atoms with Crippen molar-refractivity contribution in [2.75, 3.05) is 7.11 Å². The van der Waals surface area contributed by atoms with Gasteiger partial charge in [-0.3, -0.25) is 19.2 Å². The molecule has 0 aromatic carbocycles. The largest absolute Gasteiger partial charge is 0.469 e. The number of amides is 4. The fourth-order valence-corrected chi connectivity index (χ4v) is 5.39. The molecule has 0 radical (unpaired) electrons. The van der Waals surface area contributed by atoms with Crippen molar-refractivity contribution in [3.8, 4) is 0 Å². The van der Waals surface area contributed by atoms with E-state index in [0.29, 0.717) is 38.5 Å². The second-order valence-corrected chi connectivity index (χ2v) is 11.9. The molecule has 0 unspecified atom stereocenters. The van der Waals surface area contributed by atoms with E-state index in [1.807, 2.05) is 0 Å². The fraction of sp³-hybridized carbons (Fsp3) is 0.808. The highest BCUT2D eigenvalue weighted by molar-refractivity contribution is 5.87. The van der Waals surface area contributed by atoms with Crippen LogP contribution in [0, 0.1) is 23.7 Å². The monoisotopic (exact) mass is 520 g/mol. The molecule has 0 aromatic heterocycles. The fourth-order valence-electron chi connectivity index (χ4n) is 5.39. The zero-order chi connectivity index (χ0) is 26.9. The van der Waals surface area contributed by atoms with Crippen LogP contribution in [0.5, 0.6) is 0 Å². The van der Waals surface area contributed by atoms with Crippen LogP contribution in [0.3, 0.4) is 0 Å². The number of methoxy groups -OCH3 is 1. The van der Waals surface area contributed by atoms with Gasteiger partial charge in [-0.25, -0.2) is 4.79 Å². The average Bonchev–Trinajstić information content (AvgIpc) is 2.73. The Hall–Kier alpha value is -2.85. The Balaban J connectivity index is 1.20. The van der Waals surface area contributed by atoms with Gasteiger partial charge < -0.3 is 30.7 Å². The third kappa shape index (κ3) is 6.18. The molecule has 8 atom stereocenters. The minimum Gasteiger partial charge on any atom is -0.469 e. The maximum absolute atomic E-state index is 12.9. The molecule has 0 heterocycles. The molecule has 0 bridgehead atoms. The Labute approximate surface area is 217 Å². The normalized spacial score (nSPS) is 34.2. The molecule has 0 spiro atoms. The van der Waals surface area contributed by atoms with Gasteiger partial charge in [-0.1, -0.05) is 0 Å². The van der Waals surface area contributed by atoms with Gasteiger partial charge in [0.25, 0.3) is 0 Å². The van der Waals surface area contributed by atoms with E-state index in [4.69, 9.17) is 9.47 Å². The summed E-state index contributed by atoms with van der Waals surface area (Å²) < 4.78 is 10.1. The lowest BCUT2D eigenvalue weighted by molar-refractivity contribution is -0.150. The maximum atomic E-state index is 12.9. The van der Waals surface area contributed by atoms with Crippen molar-refractivity contribution in [3.63, 3.8) is 0 Å². The van der Waals surface area contributed by atoms with Crippen LogP contribution in [0.25, 0.3) is 0 Å². The molecule has 4 saturated carbocycles. The number of hydrogen-bond donors (Lipinski definition) is 4. The van der Waals surface area contributed by atoms with Crippen LogP contribution in [0.1, 0.15) is 72.1 Å². The lowest BCUT2D eigenvalue weighted by Gasteiger charge is -2.43. The molecule has 206 valence electrons. The highest BCUT2D eigenvalue weighted by atomic mass is 16.6. The summed E-state index contributed by atoms with van der Waals surface area (Å²) >= 11 is 0. The predicted octanol–water partition coefficient (Wildman–Crippen LogP) is 1.15. The van der Waals surface area contributed by atoms with Crippen molar-refractivity contribution in [2.45, 2.75) is 102 Å². The number of esters is 1. The first-order chi connectivity index (χ1) is 17.5. The van der Waals surface area contributed by atoms with Crippen molar-refractivity contribution < 1.29 is 33.4 Å². The van der Waals surface area contributed by atoms with Gasteiger partial charge in [0.05, 0.1) is 30.8 Å². The molecular formula is C26H40N4O7. The SMILES string of the molecule is COC(=O)[C@H]1CC[C@@H]1NC(=O)[C@@H]1CC[C@@H]1NC(=O)[C@H]1CC[C@@H]1NC(=O)[C@@H]1CC[C@@H]1NC(=O)OC(C)(C)C. The van der Waals surface area contributed by atoms with Crippen molar-refractivity contribution >= 4 is 29.8 Å². The molecule has 4 N–H and O–H groups in total. The van der Waals surface area contributed by atoms with Crippen LogP contribution < -0.4 is 21.3 Å². The van der Waals surface area contributed by atoms with Gasteiger partial charge in [0, 0.05) is 24.2 Å². The molecule has 11 heteroatoms. The Kier molecular flexibility index (Phi) is 7.99. The summed E-state index contributed by atoms with van der Waals surface area (Å²) in [5, 5.41) is 11.7. The van der Waals surface area contributed by atoms with E-state index in [1.165, 1.54) is 7.11 Å². The molecule has 0 aromatic rings. The van der Waals surface area contributed by atoms with Crippen LogP contribution >= 0.6 is 0 Å². The zero-order valence-electron chi connectivity index (χ0n) is 22.1. The Morgan fingerprint density at radius 2 is 0.919 bits per heavy atom. The van der Waals surface area contributed by atoms with Crippen LogP contribution in [-0.4, -0.2) is 66.7 Å². The average molecular weight is 521 g/mol. The lowest BCUT2D eigenvalue weighted by Crippen LogP contribution is -2.61. The standard InChI is InChI=1S/C26H40N4O7/c1-26(2,3)37-25(35)30-19-11-7-15(19)23(33)28-17-9-5-13(17)21(31)27-18-10-6-14(18)22(32)29-20-12-8-16(20)24(34)36-4/h13-20H,5-12H2,1-4H3,(H,27,31)(H,28,33)(H,29,32)(H,30,35)/t13-,14+,15+,16-,17-,18-,19-,20-/m0/s1. The van der Waals surface area contributed by atoms with Crippen LogP contribution in [0.2, 0.25) is 0 Å². The maximum Gasteiger partial charge on any atom is 0.407 e. The summed E-state index contributed by atoms with van der Waals surface area (Å²) in [4.78, 5) is 62.3. The van der Waals surface area contributed by atoms with E-state index in [9.17, 15) is 24.0 Å². The number of ether oxygens (including phenoxy) is 2. The minimum absolute atomic E-state index is 0.137. The van der Waals surface area contributed by atoms with E-state index >= 15 is 0 Å². The molecule has 37 heavy (non-hydrogen) atoms. The van der Waals surface area contributed by atoms with Crippen molar-refractivity contribution in [1.29, 1.82) is 0 Å². The third-order valence-electron chi connectivity index (χ3n) is 8.30. The second kappa shape index (κ2) is 10.9. The smallest absolute Gasteiger partial charge is 0.407 e. The molecule has 0 saturated heterocycles. The quantitative estimate of drug-likeness (QED) is 0.350. The lowest BCUT2D eigenvalue weighted by atomic mass is 9.74. The van der Waals surface area contributed by atoms with E-state index in [2.05, 4.69) is 21.3 Å². The summed E-state index contributed by atoms with van der Waals surface area (Å²) in [7, 11) is 1.35. The summed E-state index contributed by atoms with van der Waals surface area (Å²) in [6.45, 7) is 5.35. The first kappa shape index (κ1) is 27.2. The third-order valence-corrected chi connectivity index (χ3v) is 8.30. The minimum atomic E-state index is -0.610. The number of carbonyl (C=O) groups is 5. The Bertz CT molecular complexity index is 932. The first-order valence-electron chi connectivity index (χ1n) is 13.4. The molecule has 4 fully saturated rings. The topological polar surface area (TPSA) is 152 Å². The van der Waals surface area contributed by atoms with Gasteiger partial charge in [-0.2, -0.15) is 0 Å². The van der Waals surface area contributed by atoms with E-state index in [1.54, 1.807) is 20.8 Å². The van der Waals surface area contributed by atoms with E-state index in [0.717, 1.165) is 12.8 Å². The Morgan fingerprint density at radius 1 is 0.568 bits per heavy atom. The van der Waals surface area contributed by atoms with Crippen molar-refractivity contribution in [3.05, 3.63) is 0 Å². The number of alkyl carbamates (subject to hydrolysis) is 1. The number of hydrogen-bond acceptors (Lipinski definition) is 7. The van der Waals surface area contributed by atoms with Crippen LogP contribution in [-0.2, 0) is 28.7 Å². The highest BCUT2D eigenvalue weighted by Crippen LogP contribution is 2.35. The van der Waals surface area contributed by atoms with Crippen LogP contribution in [0.4, 0.5) is 4.79 Å². The van der Waals surface area contributed by atoms with Gasteiger partial charge in [0.15, 0.2) is 0 Å². The van der Waals surface area contributed by atoms with E-state index < -0.39 is 11.7 Å². The van der Waals surface area contributed by atoms with Gasteiger partial charge >= 0.3 is 12.1 Å². The van der Waals surface area contributed by atoms with Gasteiger partial charge in [0.1, 0.15) is 5.60 Å². The Morgan fingerprint density at radius 3 is 1.22 bits per heavy atom. The summed E-state index contributed by atoms with van der Waals surface area (Å²) in [5.74, 6) is -2.02. The predicted molar refractivity (Wildman–Crippen MR) is 132 cm³/mol. The molecule has 4 rings (SSSR count). The van der Waals surface area contributed by atoms with Gasteiger partial charge in [0.2, 0.25) is 17.7 Å². The molecule has 4 aliphatic carbocycles. The molecule has 4 amide bonds. The van der Waals surface area contributed by atoms with Gasteiger partial charge in [-0.05, 0) is 72.1 Å². The van der Waals surface area contributed by atoms with Crippen molar-refractivity contribution in [2.24, 2.45) is 23.7 Å². The highest BCUT2D eigenvalue weighted by Gasteiger charge is 2.46. The number of nitrogens with one attached hydrogen (secondary N) is 4. The number of carbonyl (C=O) groups excluding carboxylic acids is 5. The second-order valence-electron chi connectivity index (χ2n) is 11.9. The number of rotatable bonds is 8. The van der Waals surface area contributed by atoms with Gasteiger partial charge in [-0.15, -0.1) is 0 Å². The molecular weight excluding hydrogens is 480 g/mol.